The molecule has 1 aliphatic heterocycles. The van der Waals surface area contributed by atoms with E-state index in [1.165, 1.54) is 18.7 Å². The summed E-state index contributed by atoms with van der Waals surface area (Å²) in [5.74, 6) is 0.588. The average molecular weight is 627 g/mol. The molecule has 10 nitrogen and oxygen atoms in total. The van der Waals surface area contributed by atoms with Crippen molar-refractivity contribution in [2.75, 3.05) is 20.3 Å². The molecule has 4 rings (SSSR count). The number of nitrogens with one attached hydrogen (secondary N) is 1. The van der Waals surface area contributed by atoms with Crippen LogP contribution in [0.4, 0.5) is 4.79 Å². The number of esters is 1. The van der Waals surface area contributed by atoms with Crippen LogP contribution < -0.4 is 10.1 Å². The second-order valence-electron chi connectivity index (χ2n) is 13.0. The normalized spacial score (nSPS) is 28.4. The Morgan fingerprint density at radius 1 is 1.20 bits per heavy atom. The van der Waals surface area contributed by atoms with Gasteiger partial charge in [-0.05, 0) is 66.7 Å². The van der Waals surface area contributed by atoms with Crippen molar-refractivity contribution in [2.45, 2.75) is 91.0 Å². The van der Waals surface area contributed by atoms with Crippen LogP contribution in [0.15, 0.2) is 42.0 Å². The Kier molecular flexibility index (Phi) is 11.9. The highest BCUT2D eigenvalue weighted by molar-refractivity contribution is 5.78. The summed E-state index contributed by atoms with van der Waals surface area (Å²) in [6, 6.07) is 4.46. The van der Waals surface area contributed by atoms with E-state index < -0.39 is 12.1 Å². The number of ether oxygens (including phenoxy) is 3. The SMILES string of the molecule is CC[C@H](C)C(=O)O[C@H]1C[C@@H](C)C=C2C=C[C@H](C)[C@H](CC[C@@H]3C[C@H](CC(=O)NCCO)N(Cc4ccc(O)c(OC)c4)C(=O)O3)[C@H]21. The summed E-state index contributed by atoms with van der Waals surface area (Å²) in [5, 5.41) is 21.9. The summed E-state index contributed by atoms with van der Waals surface area (Å²) in [5.41, 5.74) is 1.95. The lowest BCUT2D eigenvalue weighted by Gasteiger charge is -2.44. The number of cyclic esters (lactones) is 1. The van der Waals surface area contributed by atoms with Gasteiger partial charge in [-0.25, -0.2) is 4.79 Å². The molecule has 0 saturated carbocycles. The highest BCUT2D eigenvalue weighted by Gasteiger charge is 2.43. The number of rotatable bonds is 13. The first-order chi connectivity index (χ1) is 21.5. The van der Waals surface area contributed by atoms with E-state index in [9.17, 15) is 24.6 Å². The molecule has 1 aromatic rings. The molecule has 0 bridgehead atoms. The second-order valence-corrected chi connectivity index (χ2v) is 13.0. The smallest absolute Gasteiger partial charge is 0.410 e. The summed E-state index contributed by atoms with van der Waals surface area (Å²) in [7, 11) is 1.46. The number of hydrogen-bond donors (Lipinski definition) is 3. The molecule has 3 aliphatic rings. The molecule has 0 spiro atoms. The van der Waals surface area contributed by atoms with Gasteiger partial charge in [0.1, 0.15) is 12.2 Å². The van der Waals surface area contributed by atoms with Crippen LogP contribution >= 0.6 is 0 Å². The molecule has 1 fully saturated rings. The number of fused-ring (bicyclic) bond motifs is 1. The number of aliphatic hydroxyl groups excluding tert-OH is 1. The Bertz CT molecular complexity index is 1260. The summed E-state index contributed by atoms with van der Waals surface area (Å²) < 4.78 is 17.4. The van der Waals surface area contributed by atoms with E-state index in [1.807, 2.05) is 13.8 Å². The number of carbonyl (C=O) groups is 3. The van der Waals surface area contributed by atoms with Gasteiger partial charge in [-0.2, -0.15) is 0 Å². The van der Waals surface area contributed by atoms with Crippen molar-refractivity contribution in [1.29, 1.82) is 0 Å². The monoisotopic (exact) mass is 626 g/mol. The molecule has 0 aromatic heterocycles. The van der Waals surface area contributed by atoms with Gasteiger partial charge in [0.25, 0.3) is 0 Å². The molecule has 45 heavy (non-hydrogen) atoms. The molecule has 1 saturated heterocycles. The fourth-order valence-electron chi connectivity index (χ4n) is 6.93. The number of aliphatic hydroxyl groups is 1. The molecule has 3 N–H and O–H groups in total. The summed E-state index contributed by atoms with van der Waals surface area (Å²) in [6.45, 7) is 8.40. The minimum Gasteiger partial charge on any atom is -0.504 e. The number of phenolic OH excluding ortho intramolecular Hbond substituents is 1. The van der Waals surface area contributed by atoms with E-state index in [0.29, 0.717) is 24.5 Å². The number of hydrogen-bond acceptors (Lipinski definition) is 8. The standard InChI is InChI=1S/C35H50N2O8/c1-6-22(3)34(41)45-31-16-21(2)15-25-9-7-23(4)28(33(25)31)11-10-27-18-26(19-32(40)36-13-14-38)37(35(42)44-27)20-24-8-12-29(39)30(17-24)43-5/h7-9,12,15,17,21-23,26-28,31,33,38-39H,6,10-11,13-14,16,18-20H2,1-5H3,(H,36,40)/t21-,22-,23-,26+,27+,28-,31-,33-/m0/s1. The zero-order chi connectivity index (χ0) is 32.7. The van der Waals surface area contributed by atoms with Crippen LogP contribution in [0.3, 0.4) is 0 Å². The first-order valence-electron chi connectivity index (χ1n) is 16.4. The highest BCUT2D eigenvalue weighted by Crippen LogP contribution is 2.45. The van der Waals surface area contributed by atoms with Crippen LogP contribution in [-0.2, 0) is 25.6 Å². The largest absolute Gasteiger partial charge is 0.504 e. The second kappa shape index (κ2) is 15.7. The third-order valence-corrected chi connectivity index (χ3v) is 9.63. The van der Waals surface area contributed by atoms with Gasteiger partial charge in [0.15, 0.2) is 11.5 Å². The van der Waals surface area contributed by atoms with Crippen LogP contribution in [0.25, 0.3) is 0 Å². The summed E-state index contributed by atoms with van der Waals surface area (Å²) >= 11 is 0. The average Bonchev–Trinajstić information content (AvgIpc) is 3.01. The maximum absolute atomic E-state index is 13.5. The Labute approximate surface area is 266 Å². The molecular formula is C35H50N2O8. The van der Waals surface area contributed by atoms with E-state index in [0.717, 1.165) is 24.8 Å². The third kappa shape index (κ3) is 8.60. The van der Waals surface area contributed by atoms with Crippen molar-refractivity contribution >= 4 is 18.0 Å². The fraction of sp³-hybridized carbons (Fsp3) is 0.629. The third-order valence-electron chi connectivity index (χ3n) is 9.63. The van der Waals surface area contributed by atoms with E-state index in [1.54, 1.807) is 17.0 Å². The number of amides is 2. The minimum absolute atomic E-state index is 0.00319. The number of carbonyl (C=O) groups excluding carboxylic acids is 3. The molecule has 0 unspecified atom stereocenters. The Balaban J connectivity index is 1.50. The van der Waals surface area contributed by atoms with Gasteiger partial charge in [0.05, 0.1) is 19.6 Å². The lowest BCUT2D eigenvalue weighted by Crippen LogP contribution is -2.50. The number of allylic oxidation sites excluding steroid dienone is 3. The van der Waals surface area contributed by atoms with Crippen LogP contribution in [0.2, 0.25) is 0 Å². The first-order valence-corrected chi connectivity index (χ1v) is 16.4. The zero-order valence-corrected chi connectivity index (χ0v) is 27.2. The number of methoxy groups -OCH3 is 1. The molecule has 1 heterocycles. The first kappa shape index (κ1) is 34.3. The van der Waals surface area contributed by atoms with Crippen molar-refractivity contribution in [2.24, 2.45) is 29.6 Å². The van der Waals surface area contributed by atoms with Crippen molar-refractivity contribution in [3.8, 4) is 11.5 Å². The van der Waals surface area contributed by atoms with Crippen LogP contribution in [0, 0.1) is 29.6 Å². The molecule has 248 valence electrons. The predicted molar refractivity (Wildman–Crippen MR) is 169 cm³/mol. The Hall–Kier alpha value is -3.53. The minimum atomic E-state index is -0.498. The van der Waals surface area contributed by atoms with Gasteiger partial charge < -0.3 is 34.6 Å². The lowest BCUT2D eigenvalue weighted by molar-refractivity contribution is -0.158. The van der Waals surface area contributed by atoms with Gasteiger partial charge in [-0.3, -0.25) is 9.59 Å². The summed E-state index contributed by atoms with van der Waals surface area (Å²) in [4.78, 5) is 40.6. The topological polar surface area (TPSA) is 135 Å². The summed E-state index contributed by atoms with van der Waals surface area (Å²) in [6.07, 6.45) is 9.09. The van der Waals surface area contributed by atoms with Crippen molar-refractivity contribution in [3.63, 3.8) is 0 Å². The molecule has 1 aromatic carbocycles. The fourth-order valence-corrected chi connectivity index (χ4v) is 6.93. The maximum Gasteiger partial charge on any atom is 0.410 e. The van der Waals surface area contributed by atoms with Crippen molar-refractivity contribution < 1.29 is 38.8 Å². The zero-order valence-electron chi connectivity index (χ0n) is 27.2. The molecule has 10 heteroatoms. The van der Waals surface area contributed by atoms with E-state index in [2.05, 4.69) is 37.4 Å². The van der Waals surface area contributed by atoms with Gasteiger partial charge in [-0.1, -0.05) is 52.0 Å². The lowest BCUT2D eigenvalue weighted by atomic mass is 9.65. The Morgan fingerprint density at radius 3 is 2.69 bits per heavy atom. The molecule has 8 atom stereocenters. The molecule has 2 amide bonds. The predicted octanol–water partition coefficient (Wildman–Crippen LogP) is 5.12. The van der Waals surface area contributed by atoms with E-state index in [-0.39, 0.29) is 79.6 Å². The van der Waals surface area contributed by atoms with E-state index >= 15 is 0 Å². The number of benzene rings is 1. The number of phenols is 1. The highest BCUT2D eigenvalue weighted by atomic mass is 16.6. The number of aromatic hydroxyl groups is 1. The molecular weight excluding hydrogens is 576 g/mol. The van der Waals surface area contributed by atoms with Crippen LogP contribution in [0.1, 0.15) is 71.8 Å². The van der Waals surface area contributed by atoms with Gasteiger partial charge in [0.2, 0.25) is 5.91 Å². The van der Waals surface area contributed by atoms with Crippen LogP contribution in [-0.4, -0.2) is 71.6 Å². The molecule has 0 radical (unpaired) electrons. The van der Waals surface area contributed by atoms with Crippen molar-refractivity contribution in [1.82, 2.24) is 10.2 Å². The molecule has 2 aliphatic carbocycles. The van der Waals surface area contributed by atoms with Gasteiger partial charge >= 0.3 is 12.1 Å². The van der Waals surface area contributed by atoms with Gasteiger partial charge in [-0.15, -0.1) is 0 Å². The van der Waals surface area contributed by atoms with E-state index in [4.69, 9.17) is 14.2 Å². The van der Waals surface area contributed by atoms with Gasteiger partial charge in [0, 0.05) is 37.9 Å². The Morgan fingerprint density at radius 2 is 1.98 bits per heavy atom. The van der Waals surface area contributed by atoms with Crippen LogP contribution in [0.5, 0.6) is 11.5 Å². The number of nitrogens with zero attached hydrogens (tertiary/aromatic N) is 1. The quantitative estimate of drug-likeness (QED) is 0.257. The van der Waals surface area contributed by atoms with Crippen molar-refractivity contribution in [3.05, 3.63) is 47.6 Å². The maximum atomic E-state index is 13.5.